The number of hydrogen-bond donors (Lipinski definition) is 1. The molecular formula is C14H13F3N6O. The number of nitrogens with zero attached hydrogens (tertiary/aromatic N) is 5. The third-order valence-corrected chi connectivity index (χ3v) is 3.47. The van der Waals surface area contributed by atoms with Gasteiger partial charge in [-0.1, -0.05) is 0 Å². The van der Waals surface area contributed by atoms with Gasteiger partial charge in [0.2, 0.25) is 0 Å². The van der Waals surface area contributed by atoms with E-state index in [0.29, 0.717) is 15.8 Å². The molecule has 0 spiro atoms. The Bertz CT molecular complexity index is 940. The molecule has 0 aliphatic carbocycles. The molecule has 10 heteroatoms. The minimum Gasteiger partial charge on any atom is -0.354 e. The Kier molecular flexibility index (Phi) is 3.54. The fourth-order valence-electron chi connectivity index (χ4n) is 2.40. The topological polar surface area (TPSA) is 77.1 Å². The number of rotatable bonds is 2. The molecule has 3 aromatic rings. The van der Waals surface area contributed by atoms with E-state index in [1.165, 1.54) is 17.8 Å². The monoisotopic (exact) mass is 338 g/mol. The number of nitrogens with one attached hydrogen (secondary N) is 1. The quantitative estimate of drug-likeness (QED) is 0.773. The number of carbonyl (C=O) groups is 1. The Morgan fingerprint density at radius 2 is 1.96 bits per heavy atom. The smallest absolute Gasteiger partial charge is 0.354 e. The molecule has 126 valence electrons. The zero-order valence-corrected chi connectivity index (χ0v) is 13.0. The van der Waals surface area contributed by atoms with Crippen molar-refractivity contribution in [1.29, 1.82) is 0 Å². The summed E-state index contributed by atoms with van der Waals surface area (Å²) in [5.41, 5.74) is -0.0800. The van der Waals surface area contributed by atoms with Gasteiger partial charge in [0.05, 0.1) is 11.4 Å². The maximum atomic E-state index is 13.4. The molecule has 0 aliphatic heterocycles. The SMILES string of the molecule is CNC(=O)c1cc2nc(-c3cn(C)nc3C)cc(C(F)(F)F)n2n1. The van der Waals surface area contributed by atoms with Gasteiger partial charge in [0.25, 0.3) is 5.91 Å². The average molecular weight is 338 g/mol. The lowest BCUT2D eigenvalue weighted by Crippen LogP contribution is -2.19. The number of aromatic nitrogens is 5. The first kappa shape index (κ1) is 16.0. The largest absolute Gasteiger partial charge is 0.433 e. The van der Waals surface area contributed by atoms with E-state index in [4.69, 9.17) is 0 Å². The van der Waals surface area contributed by atoms with E-state index in [1.807, 2.05) is 0 Å². The van der Waals surface area contributed by atoms with E-state index >= 15 is 0 Å². The minimum atomic E-state index is -4.65. The van der Waals surface area contributed by atoms with Crippen LogP contribution in [-0.4, -0.2) is 37.3 Å². The number of aryl methyl sites for hydroxylation is 2. The van der Waals surface area contributed by atoms with Crippen molar-refractivity contribution < 1.29 is 18.0 Å². The van der Waals surface area contributed by atoms with E-state index in [2.05, 4.69) is 20.5 Å². The van der Waals surface area contributed by atoms with Crippen LogP contribution < -0.4 is 5.32 Å². The molecule has 24 heavy (non-hydrogen) atoms. The van der Waals surface area contributed by atoms with Crippen LogP contribution in [0.25, 0.3) is 16.9 Å². The predicted octanol–water partition coefficient (Wildman–Crippen LogP) is 1.82. The Morgan fingerprint density at radius 1 is 1.25 bits per heavy atom. The van der Waals surface area contributed by atoms with Crippen molar-refractivity contribution >= 4 is 11.6 Å². The third kappa shape index (κ3) is 2.59. The summed E-state index contributed by atoms with van der Waals surface area (Å²) in [5.74, 6) is -0.590. The second-order valence-corrected chi connectivity index (χ2v) is 5.20. The number of fused-ring (bicyclic) bond motifs is 1. The lowest BCUT2D eigenvalue weighted by atomic mass is 10.1. The maximum Gasteiger partial charge on any atom is 0.433 e. The first-order chi connectivity index (χ1) is 11.2. The molecule has 0 saturated heterocycles. The van der Waals surface area contributed by atoms with Gasteiger partial charge in [-0.3, -0.25) is 9.48 Å². The highest BCUT2D eigenvalue weighted by atomic mass is 19.4. The lowest BCUT2D eigenvalue weighted by Gasteiger charge is -2.10. The number of hydrogen-bond acceptors (Lipinski definition) is 4. The second-order valence-electron chi connectivity index (χ2n) is 5.20. The van der Waals surface area contributed by atoms with E-state index in [-0.39, 0.29) is 17.0 Å². The van der Waals surface area contributed by atoms with Crippen LogP contribution in [0.2, 0.25) is 0 Å². The van der Waals surface area contributed by atoms with Gasteiger partial charge in [-0.25, -0.2) is 9.50 Å². The molecule has 1 N–H and O–H groups in total. The maximum absolute atomic E-state index is 13.4. The van der Waals surface area contributed by atoms with Gasteiger partial charge in [-0.05, 0) is 13.0 Å². The lowest BCUT2D eigenvalue weighted by molar-refractivity contribution is -0.142. The molecule has 3 rings (SSSR count). The Labute approximate surface area is 134 Å². The minimum absolute atomic E-state index is 0.0679. The normalized spacial score (nSPS) is 11.9. The van der Waals surface area contributed by atoms with Crippen LogP contribution in [0.5, 0.6) is 0 Å². The molecule has 1 amide bonds. The third-order valence-electron chi connectivity index (χ3n) is 3.47. The number of halogens is 3. The number of carbonyl (C=O) groups excluding carboxylic acids is 1. The van der Waals surface area contributed by atoms with Gasteiger partial charge >= 0.3 is 6.18 Å². The van der Waals surface area contributed by atoms with E-state index < -0.39 is 17.8 Å². The van der Waals surface area contributed by atoms with Gasteiger partial charge < -0.3 is 5.32 Å². The molecule has 0 radical (unpaired) electrons. The summed E-state index contributed by atoms with van der Waals surface area (Å²) in [4.78, 5) is 15.8. The molecule has 0 unspecified atom stereocenters. The molecule has 0 aromatic carbocycles. The van der Waals surface area contributed by atoms with Crippen LogP contribution in [0.3, 0.4) is 0 Å². The molecule has 0 aliphatic rings. The van der Waals surface area contributed by atoms with Crippen LogP contribution in [0.4, 0.5) is 13.2 Å². The summed E-state index contributed by atoms with van der Waals surface area (Å²) >= 11 is 0. The zero-order valence-electron chi connectivity index (χ0n) is 13.0. The Morgan fingerprint density at radius 3 is 2.50 bits per heavy atom. The second kappa shape index (κ2) is 5.32. The summed E-state index contributed by atoms with van der Waals surface area (Å²) in [7, 11) is 3.04. The van der Waals surface area contributed by atoms with E-state index in [0.717, 1.165) is 6.07 Å². The van der Waals surface area contributed by atoms with Crippen molar-refractivity contribution in [3.8, 4) is 11.3 Å². The van der Waals surface area contributed by atoms with E-state index in [9.17, 15) is 18.0 Å². The van der Waals surface area contributed by atoms with Crippen LogP contribution in [0.1, 0.15) is 21.9 Å². The summed E-state index contributed by atoms with van der Waals surface area (Å²) in [6, 6.07) is 2.11. The van der Waals surface area contributed by atoms with Crippen molar-refractivity contribution in [1.82, 2.24) is 29.7 Å². The van der Waals surface area contributed by atoms with Gasteiger partial charge in [0.1, 0.15) is 0 Å². The molecule has 0 bridgehead atoms. The first-order valence-electron chi connectivity index (χ1n) is 6.91. The van der Waals surface area contributed by atoms with Crippen molar-refractivity contribution in [2.24, 2.45) is 7.05 Å². The van der Waals surface area contributed by atoms with Crippen molar-refractivity contribution in [2.75, 3.05) is 7.05 Å². The fraction of sp³-hybridized carbons (Fsp3) is 0.286. The Hall–Kier alpha value is -2.91. The molecule has 0 atom stereocenters. The molecule has 3 aromatic heterocycles. The van der Waals surface area contributed by atoms with Crippen LogP contribution in [0, 0.1) is 6.92 Å². The Balaban J connectivity index is 2.30. The molecule has 7 nitrogen and oxygen atoms in total. The summed E-state index contributed by atoms with van der Waals surface area (Å²) in [6.07, 6.45) is -3.07. The number of alkyl halides is 3. The van der Waals surface area contributed by atoms with E-state index in [1.54, 1.807) is 20.2 Å². The highest BCUT2D eigenvalue weighted by Crippen LogP contribution is 2.32. The van der Waals surface area contributed by atoms with Gasteiger partial charge in [-0.15, -0.1) is 0 Å². The summed E-state index contributed by atoms with van der Waals surface area (Å²) < 4.78 is 42.3. The molecule has 0 fully saturated rings. The standard InChI is InChI=1S/C14H13F3N6O/c1-7-8(6-22(3)20-7)9-4-11(14(15,16)17)23-12(19-9)5-10(21-23)13(24)18-2/h4-6H,1-3H3,(H,18,24). The summed E-state index contributed by atoms with van der Waals surface area (Å²) in [6.45, 7) is 1.68. The van der Waals surface area contributed by atoms with Crippen LogP contribution in [0.15, 0.2) is 18.3 Å². The highest BCUT2D eigenvalue weighted by molar-refractivity contribution is 5.93. The highest BCUT2D eigenvalue weighted by Gasteiger charge is 2.35. The predicted molar refractivity (Wildman–Crippen MR) is 78.3 cm³/mol. The van der Waals surface area contributed by atoms with Gasteiger partial charge in [0, 0.05) is 31.9 Å². The van der Waals surface area contributed by atoms with Crippen LogP contribution >= 0.6 is 0 Å². The van der Waals surface area contributed by atoms with Gasteiger partial charge in [-0.2, -0.15) is 23.4 Å². The summed E-state index contributed by atoms with van der Waals surface area (Å²) in [5, 5.41) is 10.2. The van der Waals surface area contributed by atoms with Crippen molar-refractivity contribution in [3.63, 3.8) is 0 Å². The van der Waals surface area contributed by atoms with Crippen LogP contribution in [-0.2, 0) is 13.2 Å². The molecule has 3 heterocycles. The average Bonchev–Trinajstić information content (AvgIpc) is 3.06. The zero-order chi connectivity index (χ0) is 17.6. The first-order valence-corrected chi connectivity index (χ1v) is 6.91. The van der Waals surface area contributed by atoms with Crippen molar-refractivity contribution in [2.45, 2.75) is 13.1 Å². The molecule has 0 saturated carbocycles. The number of amides is 1. The van der Waals surface area contributed by atoms with Crippen molar-refractivity contribution in [3.05, 3.63) is 35.4 Å². The molecular weight excluding hydrogens is 325 g/mol. The fourth-order valence-corrected chi connectivity index (χ4v) is 2.40. The van der Waals surface area contributed by atoms with Gasteiger partial charge in [0.15, 0.2) is 17.0 Å².